The molecule has 0 fully saturated rings. The van der Waals surface area contributed by atoms with Gasteiger partial charge in [-0.3, -0.25) is 4.90 Å². The Kier molecular flexibility index (Phi) is 5.28. The third kappa shape index (κ3) is 7.36. The molecule has 0 saturated heterocycles. The van der Waals surface area contributed by atoms with E-state index >= 15 is 0 Å². The zero-order valence-electron chi connectivity index (χ0n) is 9.40. The van der Waals surface area contributed by atoms with E-state index in [2.05, 4.69) is 0 Å². The lowest BCUT2D eigenvalue weighted by Crippen LogP contribution is -2.41. The summed E-state index contributed by atoms with van der Waals surface area (Å²) in [6, 6.07) is 0. The smallest absolute Gasteiger partial charge is 0.303 e. The van der Waals surface area contributed by atoms with Gasteiger partial charge in [-0.25, -0.2) is 0 Å². The number of carbonyl (C=O) groups is 1. The molecule has 0 aromatic heterocycles. The SMILES string of the molecule is CCCN(CC(F)(F)F)CC(C)(C)C=O. The molecule has 0 aromatic carbocycles. The van der Waals surface area contributed by atoms with Gasteiger partial charge in [-0.15, -0.1) is 0 Å². The van der Waals surface area contributed by atoms with E-state index in [0.717, 1.165) is 0 Å². The highest BCUT2D eigenvalue weighted by Gasteiger charge is 2.32. The normalized spacial score (nSPS) is 13.3. The van der Waals surface area contributed by atoms with Crippen molar-refractivity contribution in [2.75, 3.05) is 19.6 Å². The van der Waals surface area contributed by atoms with Gasteiger partial charge in [0.05, 0.1) is 6.54 Å². The van der Waals surface area contributed by atoms with Gasteiger partial charge < -0.3 is 4.79 Å². The van der Waals surface area contributed by atoms with Crippen molar-refractivity contribution in [2.45, 2.75) is 33.4 Å². The molecular formula is C10H18F3NO. The van der Waals surface area contributed by atoms with Crippen molar-refractivity contribution in [1.82, 2.24) is 4.90 Å². The maximum atomic E-state index is 12.2. The molecular weight excluding hydrogens is 207 g/mol. The average Bonchev–Trinajstić information content (AvgIpc) is 2.01. The lowest BCUT2D eigenvalue weighted by atomic mass is 9.95. The highest BCUT2D eigenvalue weighted by molar-refractivity contribution is 5.58. The summed E-state index contributed by atoms with van der Waals surface area (Å²) in [5.41, 5.74) is -0.722. The molecule has 0 aliphatic heterocycles. The molecule has 0 heterocycles. The molecule has 5 heteroatoms. The van der Waals surface area contributed by atoms with E-state index in [-0.39, 0.29) is 6.54 Å². The van der Waals surface area contributed by atoms with Gasteiger partial charge in [0.1, 0.15) is 6.29 Å². The Morgan fingerprint density at radius 1 is 1.20 bits per heavy atom. The molecule has 0 aliphatic rings. The summed E-state index contributed by atoms with van der Waals surface area (Å²) >= 11 is 0. The van der Waals surface area contributed by atoms with Gasteiger partial charge in [0.2, 0.25) is 0 Å². The molecule has 0 unspecified atom stereocenters. The largest absolute Gasteiger partial charge is 0.401 e. The second-order valence-corrected chi connectivity index (χ2v) is 4.43. The Morgan fingerprint density at radius 3 is 2.07 bits per heavy atom. The van der Waals surface area contributed by atoms with E-state index < -0.39 is 18.1 Å². The van der Waals surface area contributed by atoms with Crippen LogP contribution in [0.5, 0.6) is 0 Å². The van der Waals surface area contributed by atoms with Gasteiger partial charge in [-0.05, 0) is 13.0 Å². The van der Waals surface area contributed by atoms with E-state index in [1.165, 1.54) is 4.90 Å². The fourth-order valence-corrected chi connectivity index (χ4v) is 1.40. The van der Waals surface area contributed by atoms with Gasteiger partial charge >= 0.3 is 6.18 Å². The summed E-state index contributed by atoms with van der Waals surface area (Å²) in [6.07, 6.45) is -2.86. The third-order valence-corrected chi connectivity index (χ3v) is 1.89. The van der Waals surface area contributed by atoms with E-state index in [4.69, 9.17) is 0 Å². The molecule has 0 aromatic rings. The molecule has 0 bridgehead atoms. The molecule has 0 spiro atoms. The number of hydrogen-bond donors (Lipinski definition) is 0. The van der Waals surface area contributed by atoms with Gasteiger partial charge in [-0.2, -0.15) is 13.2 Å². The van der Waals surface area contributed by atoms with Crippen LogP contribution in [-0.2, 0) is 4.79 Å². The van der Waals surface area contributed by atoms with Crippen LogP contribution in [-0.4, -0.2) is 37.0 Å². The van der Waals surface area contributed by atoms with Crippen molar-refractivity contribution in [3.05, 3.63) is 0 Å². The zero-order chi connectivity index (χ0) is 12.1. The fourth-order valence-electron chi connectivity index (χ4n) is 1.40. The molecule has 0 saturated carbocycles. The molecule has 0 N–H and O–H groups in total. The first-order valence-electron chi connectivity index (χ1n) is 4.95. The quantitative estimate of drug-likeness (QED) is 0.647. The first-order chi connectivity index (χ1) is 6.70. The van der Waals surface area contributed by atoms with E-state index in [0.29, 0.717) is 19.3 Å². The lowest BCUT2D eigenvalue weighted by molar-refractivity contribution is -0.149. The minimum Gasteiger partial charge on any atom is -0.303 e. The summed E-state index contributed by atoms with van der Waals surface area (Å²) < 4.78 is 36.5. The van der Waals surface area contributed by atoms with E-state index in [9.17, 15) is 18.0 Å². The number of hydrogen-bond acceptors (Lipinski definition) is 2. The first kappa shape index (κ1) is 14.4. The number of carbonyl (C=O) groups excluding carboxylic acids is 1. The second-order valence-electron chi connectivity index (χ2n) is 4.43. The molecule has 0 radical (unpaired) electrons. The van der Waals surface area contributed by atoms with Gasteiger partial charge in [0.25, 0.3) is 0 Å². The fraction of sp³-hybridized carbons (Fsp3) is 0.900. The zero-order valence-corrected chi connectivity index (χ0v) is 9.40. The standard InChI is InChI=1S/C10H18F3NO/c1-4-5-14(7-10(11,12)13)6-9(2,3)8-15/h8H,4-7H2,1-3H3. The van der Waals surface area contributed by atoms with Crippen molar-refractivity contribution < 1.29 is 18.0 Å². The van der Waals surface area contributed by atoms with E-state index in [1.807, 2.05) is 6.92 Å². The number of alkyl halides is 3. The molecule has 0 atom stereocenters. The summed E-state index contributed by atoms with van der Waals surface area (Å²) in [4.78, 5) is 11.9. The van der Waals surface area contributed by atoms with Crippen LogP contribution in [0.15, 0.2) is 0 Å². The van der Waals surface area contributed by atoms with Crippen LogP contribution >= 0.6 is 0 Å². The maximum Gasteiger partial charge on any atom is 0.401 e. The van der Waals surface area contributed by atoms with Crippen LogP contribution in [0.1, 0.15) is 27.2 Å². The molecule has 15 heavy (non-hydrogen) atoms. The monoisotopic (exact) mass is 225 g/mol. The highest BCUT2D eigenvalue weighted by Crippen LogP contribution is 2.20. The summed E-state index contributed by atoms with van der Waals surface area (Å²) in [6.45, 7) is 4.65. The maximum absolute atomic E-state index is 12.2. The first-order valence-corrected chi connectivity index (χ1v) is 4.95. The Hall–Kier alpha value is -0.580. The Morgan fingerprint density at radius 2 is 1.73 bits per heavy atom. The second kappa shape index (κ2) is 5.49. The number of nitrogens with zero attached hydrogens (tertiary/aromatic N) is 1. The Balaban J connectivity index is 4.34. The summed E-state index contributed by atoms with van der Waals surface area (Å²) in [5.74, 6) is 0. The minimum atomic E-state index is -4.20. The van der Waals surface area contributed by atoms with Crippen molar-refractivity contribution >= 4 is 6.29 Å². The number of halogens is 3. The van der Waals surface area contributed by atoms with Crippen molar-refractivity contribution in [3.8, 4) is 0 Å². The Labute approximate surface area is 88.4 Å². The number of rotatable bonds is 6. The van der Waals surface area contributed by atoms with Crippen LogP contribution < -0.4 is 0 Å². The van der Waals surface area contributed by atoms with Crippen LogP contribution in [0.25, 0.3) is 0 Å². The summed E-state index contributed by atoms with van der Waals surface area (Å²) in [5, 5.41) is 0. The van der Waals surface area contributed by atoms with Gasteiger partial charge in [-0.1, -0.05) is 20.8 Å². The predicted octanol–water partition coefficient (Wildman–Crippen LogP) is 2.49. The predicted molar refractivity (Wildman–Crippen MR) is 52.6 cm³/mol. The van der Waals surface area contributed by atoms with Gasteiger partial charge in [0, 0.05) is 12.0 Å². The van der Waals surface area contributed by atoms with Gasteiger partial charge in [0.15, 0.2) is 0 Å². The van der Waals surface area contributed by atoms with Crippen molar-refractivity contribution in [2.24, 2.45) is 5.41 Å². The minimum absolute atomic E-state index is 0.143. The third-order valence-electron chi connectivity index (χ3n) is 1.89. The Bertz CT molecular complexity index is 201. The van der Waals surface area contributed by atoms with Crippen LogP contribution in [0.3, 0.4) is 0 Å². The molecule has 0 aliphatic carbocycles. The van der Waals surface area contributed by atoms with Crippen LogP contribution in [0, 0.1) is 5.41 Å². The lowest BCUT2D eigenvalue weighted by Gasteiger charge is -2.29. The van der Waals surface area contributed by atoms with Crippen molar-refractivity contribution in [3.63, 3.8) is 0 Å². The van der Waals surface area contributed by atoms with Crippen LogP contribution in [0.4, 0.5) is 13.2 Å². The van der Waals surface area contributed by atoms with Crippen molar-refractivity contribution in [1.29, 1.82) is 0 Å². The van der Waals surface area contributed by atoms with Crippen LogP contribution in [0.2, 0.25) is 0 Å². The van der Waals surface area contributed by atoms with E-state index in [1.54, 1.807) is 13.8 Å². The highest BCUT2D eigenvalue weighted by atomic mass is 19.4. The molecule has 0 amide bonds. The molecule has 90 valence electrons. The molecule has 2 nitrogen and oxygen atoms in total. The topological polar surface area (TPSA) is 20.3 Å². The summed E-state index contributed by atoms with van der Waals surface area (Å²) in [7, 11) is 0. The molecule has 0 rings (SSSR count). The number of aldehydes is 1. The average molecular weight is 225 g/mol.